The smallest absolute Gasteiger partial charge is 0.220 e. The van der Waals surface area contributed by atoms with E-state index in [1.807, 2.05) is 36.4 Å². The second kappa shape index (κ2) is 8.39. The molecule has 0 saturated heterocycles. The van der Waals surface area contributed by atoms with Gasteiger partial charge in [-0.25, -0.2) is 0 Å². The molecule has 1 amide bonds. The minimum atomic E-state index is 0.114. The number of ether oxygens (including phenoxy) is 2. The Morgan fingerprint density at radius 1 is 0.917 bits per heavy atom. The maximum absolute atomic E-state index is 11.9. The summed E-state index contributed by atoms with van der Waals surface area (Å²) in [6.45, 7) is 1.89. The van der Waals surface area contributed by atoms with Crippen LogP contribution in [-0.2, 0) is 17.6 Å². The molecule has 0 aliphatic carbocycles. The Morgan fingerprint density at radius 2 is 1.71 bits per heavy atom. The van der Waals surface area contributed by atoms with Gasteiger partial charge in [-0.3, -0.25) is 4.79 Å². The molecule has 4 nitrogen and oxygen atoms in total. The lowest BCUT2D eigenvalue weighted by atomic mass is 10.1. The van der Waals surface area contributed by atoms with Crippen LogP contribution in [0.3, 0.4) is 0 Å². The molecule has 126 valence electrons. The van der Waals surface area contributed by atoms with Crippen molar-refractivity contribution >= 4 is 5.91 Å². The van der Waals surface area contributed by atoms with Gasteiger partial charge in [0, 0.05) is 13.0 Å². The predicted molar refractivity (Wildman–Crippen MR) is 93.5 cm³/mol. The van der Waals surface area contributed by atoms with Gasteiger partial charge < -0.3 is 14.8 Å². The van der Waals surface area contributed by atoms with E-state index in [4.69, 9.17) is 9.47 Å². The number of carbonyl (C=O) groups is 1. The summed E-state index contributed by atoms with van der Waals surface area (Å²) in [5.41, 5.74) is 2.42. The Bertz CT molecular complexity index is 670. The molecule has 0 spiro atoms. The molecule has 2 aromatic carbocycles. The minimum Gasteiger partial charge on any atom is -0.486 e. The van der Waals surface area contributed by atoms with Crippen molar-refractivity contribution < 1.29 is 14.3 Å². The number of carbonyl (C=O) groups excluding carboxylic acids is 1. The van der Waals surface area contributed by atoms with E-state index in [2.05, 4.69) is 17.4 Å². The fraction of sp³-hybridized carbons (Fsp3) is 0.350. The van der Waals surface area contributed by atoms with Gasteiger partial charge in [0.1, 0.15) is 13.2 Å². The van der Waals surface area contributed by atoms with E-state index >= 15 is 0 Å². The third-order valence-electron chi connectivity index (χ3n) is 4.05. The van der Waals surface area contributed by atoms with E-state index in [1.165, 1.54) is 11.1 Å². The van der Waals surface area contributed by atoms with Crippen molar-refractivity contribution in [3.8, 4) is 11.5 Å². The van der Waals surface area contributed by atoms with Crippen LogP contribution in [0.1, 0.15) is 24.0 Å². The summed E-state index contributed by atoms with van der Waals surface area (Å²) in [5.74, 6) is 1.73. The number of rotatable bonds is 7. The van der Waals surface area contributed by atoms with Crippen LogP contribution in [-0.4, -0.2) is 25.7 Å². The van der Waals surface area contributed by atoms with Crippen molar-refractivity contribution in [1.29, 1.82) is 0 Å². The number of benzene rings is 2. The summed E-state index contributed by atoms with van der Waals surface area (Å²) in [4.78, 5) is 11.9. The van der Waals surface area contributed by atoms with Crippen molar-refractivity contribution in [3.63, 3.8) is 0 Å². The van der Waals surface area contributed by atoms with Crippen molar-refractivity contribution in [2.24, 2.45) is 0 Å². The SMILES string of the molecule is O=C(CCCc1ccc2c(c1)OCCO2)NCCc1ccccc1. The largest absolute Gasteiger partial charge is 0.486 e. The fourth-order valence-corrected chi connectivity index (χ4v) is 2.78. The number of hydrogen-bond donors (Lipinski definition) is 1. The van der Waals surface area contributed by atoms with E-state index < -0.39 is 0 Å². The Balaban J connectivity index is 1.36. The molecule has 0 radical (unpaired) electrons. The van der Waals surface area contributed by atoms with Crippen LogP contribution in [0.25, 0.3) is 0 Å². The van der Waals surface area contributed by atoms with Gasteiger partial charge in [-0.05, 0) is 42.5 Å². The first-order chi connectivity index (χ1) is 11.8. The molecule has 0 saturated carbocycles. The summed E-state index contributed by atoms with van der Waals surface area (Å²) in [6, 6.07) is 16.2. The monoisotopic (exact) mass is 325 g/mol. The molecule has 1 N–H and O–H groups in total. The molecule has 2 aromatic rings. The van der Waals surface area contributed by atoms with Gasteiger partial charge in [-0.2, -0.15) is 0 Å². The molecular formula is C20H23NO3. The summed E-state index contributed by atoms with van der Waals surface area (Å²) >= 11 is 0. The molecule has 3 rings (SSSR count). The molecule has 4 heteroatoms. The molecule has 0 unspecified atom stereocenters. The van der Waals surface area contributed by atoms with Gasteiger partial charge in [-0.15, -0.1) is 0 Å². The Morgan fingerprint density at radius 3 is 2.54 bits per heavy atom. The Hall–Kier alpha value is -2.49. The van der Waals surface area contributed by atoms with Gasteiger partial charge in [0.25, 0.3) is 0 Å². The predicted octanol–water partition coefficient (Wildman–Crippen LogP) is 3.14. The Labute approximate surface area is 142 Å². The second-order valence-electron chi connectivity index (χ2n) is 5.92. The zero-order chi connectivity index (χ0) is 16.6. The standard InChI is InChI=1S/C20H23NO3/c22-20(21-12-11-16-5-2-1-3-6-16)8-4-7-17-9-10-18-19(15-17)24-14-13-23-18/h1-3,5-6,9-10,15H,4,7-8,11-14H2,(H,21,22). The second-order valence-corrected chi connectivity index (χ2v) is 5.92. The third kappa shape index (κ3) is 4.75. The van der Waals surface area contributed by atoms with Gasteiger partial charge in [0.2, 0.25) is 5.91 Å². The van der Waals surface area contributed by atoms with Crippen molar-refractivity contribution in [2.75, 3.05) is 19.8 Å². The molecule has 1 aliphatic rings. The molecule has 0 fully saturated rings. The van der Waals surface area contributed by atoms with Crippen LogP contribution in [0.5, 0.6) is 11.5 Å². The zero-order valence-corrected chi connectivity index (χ0v) is 13.8. The number of aryl methyl sites for hydroxylation is 1. The topological polar surface area (TPSA) is 47.6 Å². The van der Waals surface area contributed by atoms with Gasteiger partial charge in [-0.1, -0.05) is 36.4 Å². The number of amides is 1. The molecule has 1 aliphatic heterocycles. The average Bonchev–Trinajstić information content (AvgIpc) is 2.62. The lowest BCUT2D eigenvalue weighted by Gasteiger charge is -2.18. The van der Waals surface area contributed by atoms with Crippen LogP contribution < -0.4 is 14.8 Å². The maximum atomic E-state index is 11.9. The van der Waals surface area contributed by atoms with Crippen molar-refractivity contribution in [2.45, 2.75) is 25.7 Å². The molecule has 1 heterocycles. The van der Waals surface area contributed by atoms with E-state index in [1.54, 1.807) is 0 Å². The highest BCUT2D eigenvalue weighted by Crippen LogP contribution is 2.31. The lowest BCUT2D eigenvalue weighted by Crippen LogP contribution is -2.25. The number of fused-ring (bicyclic) bond motifs is 1. The van der Waals surface area contributed by atoms with Crippen LogP contribution in [0.2, 0.25) is 0 Å². The summed E-state index contributed by atoms with van der Waals surface area (Å²) in [6.07, 6.45) is 3.11. The highest BCUT2D eigenvalue weighted by atomic mass is 16.6. The van der Waals surface area contributed by atoms with E-state index in [0.29, 0.717) is 26.2 Å². The highest BCUT2D eigenvalue weighted by molar-refractivity contribution is 5.75. The van der Waals surface area contributed by atoms with Gasteiger partial charge in [0.15, 0.2) is 11.5 Å². The number of hydrogen-bond acceptors (Lipinski definition) is 3. The van der Waals surface area contributed by atoms with E-state index in [-0.39, 0.29) is 5.91 Å². The minimum absolute atomic E-state index is 0.114. The zero-order valence-electron chi connectivity index (χ0n) is 13.8. The van der Waals surface area contributed by atoms with Crippen LogP contribution >= 0.6 is 0 Å². The fourth-order valence-electron chi connectivity index (χ4n) is 2.78. The average molecular weight is 325 g/mol. The summed E-state index contributed by atoms with van der Waals surface area (Å²) in [5, 5.41) is 2.98. The molecule has 0 aromatic heterocycles. The molecule has 0 atom stereocenters. The third-order valence-corrected chi connectivity index (χ3v) is 4.05. The number of nitrogens with one attached hydrogen (secondary N) is 1. The normalized spacial score (nSPS) is 12.7. The van der Waals surface area contributed by atoms with Crippen LogP contribution in [0, 0.1) is 0 Å². The lowest BCUT2D eigenvalue weighted by molar-refractivity contribution is -0.121. The summed E-state index contributed by atoms with van der Waals surface area (Å²) in [7, 11) is 0. The molecule has 24 heavy (non-hydrogen) atoms. The van der Waals surface area contributed by atoms with Gasteiger partial charge in [0.05, 0.1) is 0 Å². The highest BCUT2D eigenvalue weighted by Gasteiger charge is 2.11. The molecule has 0 bridgehead atoms. The first-order valence-electron chi connectivity index (χ1n) is 8.50. The first kappa shape index (κ1) is 16.4. The van der Waals surface area contributed by atoms with E-state index in [9.17, 15) is 4.79 Å². The first-order valence-corrected chi connectivity index (χ1v) is 8.50. The molecular weight excluding hydrogens is 302 g/mol. The quantitative estimate of drug-likeness (QED) is 0.851. The van der Waals surface area contributed by atoms with E-state index in [0.717, 1.165) is 30.8 Å². The Kier molecular flexibility index (Phi) is 5.72. The summed E-state index contributed by atoms with van der Waals surface area (Å²) < 4.78 is 11.1. The van der Waals surface area contributed by atoms with Crippen LogP contribution in [0.15, 0.2) is 48.5 Å². The van der Waals surface area contributed by atoms with Gasteiger partial charge >= 0.3 is 0 Å². The van der Waals surface area contributed by atoms with Crippen molar-refractivity contribution in [3.05, 3.63) is 59.7 Å². The van der Waals surface area contributed by atoms with Crippen LogP contribution in [0.4, 0.5) is 0 Å². The van der Waals surface area contributed by atoms with Crippen molar-refractivity contribution in [1.82, 2.24) is 5.32 Å². The maximum Gasteiger partial charge on any atom is 0.220 e.